The first kappa shape index (κ1) is 15.1. The van der Waals surface area contributed by atoms with Crippen LogP contribution in [0.5, 0.6) is 5.75 Å². The molecule has 3 N–H and O–H groups in total. The van der Waals surface area contributed by atoms with Gasteiger partial charge in [-0.25, -0.2) is 4.79 Å². The van der Waals surface area contributed by atoms with Crippen LogP contribution in [0.3, 0.4) is 0 Å². The summed E-state index contributed by atoms with van der Waals surface area (Å²) < 4.78 is 4.28. The third-order valence-electron chi connectivity index (χ3n) is 2.32. The number of rotatable bonds is 1. The second kappa shape index (κ2) is 8.23. The number of phenols is 1. The smallest absolute Gasteiger partial charge is 0.349 e. The first-order valence-electron chi connectivity index (χ1n) is 6.03. The van der Waals surface area contributed by atoms with Gasteiger partial charge in [-0.2, -0.15) is 0 Å². The van der Waals surface area contributed by atoms with Crippen LogP contribution < -0.4 is 10.6 Å². The standard InChI is InChI=1S/C9H8O4.C4H10N2/c1-6(10)13-9(12)7-4-2-3-5-8(7)11;1-2-6-4-3-5-1/h2-5,11H,1H3;5-6H,1-4H2. The maximum Gasteiger partial charge on any atom is 0.349 e. The summed E-state index contributed by atoms with van der Waals surface area (Å²) in [5, 5.41) is 15.6. The normalized spacial score (nSPS) is 13.9. The molecule has 0 radical (unpaired) electrons. The van der Waals surface area contributed by atoms with Crippen molar-refractivity contribution in [2.45, 2.75) is 6.92 Å². The average molecular weight is 266 g/mol. The molecule has 0 bridgehead atoms. The zero-order chi connectivity index (χ0) is 14.1. The van der Waals surface area contributed by atoms with Gasteiger partial charge < -0.3 is 20.5 Å². The third-order valence-corrected chi connectivity index (χ3v) is 2.32. The highest BCUT2D eigenvalue weighted by Gasteiger charge is 2.13. The zero-order valence-electron chi connectivity index (χ0n) is 10.8. The van der Waals surface area contributed by atoms with Crippen LogP contribution in [0.2, 0.25) is 0 Å². The van der Waals surface area contributed by atoms with Crippen LogP contribution in [0.25, 0.3) is 0 Å². The Hall–Kier alpha value is -1.92. The molecule has 1 aliphatic rings. The number of esters is 2. The van der Waals surface area contributed by atoms with Crippen LogP contribution in [-0.4, -0.2) is 43.2 Å². The molecule has 1 aliphatic heterocycles. The van der Waals surface area contributed by atoms with Gasteiger partial charge in [0.1, 0.15) is 11.3 Å². The molecule has 1 aromatic carbocycles. The highest BCUT2D eigenvalue weighted by atomic mass is 16.6. The SMILES string of the molecule is C1CNCCN1.CC(=O)OC(=O)c1ccccc1O. The molecule has 0 atom stereocenters. The van der Waals surface area contributed by atoms with Gasteiger partial charge in [-0.1, -0.05) is 12.1 Å². The van der Waals surface area contributed by atoms with Crippen molar-refractivity contribution >= 4 is 11.9 Å². The minimum atomic E-state index is -0.842. The molecule has 1 fully saturated rings. The summed E-state index contributed by atoms with van der Waals surface area (Å²) >= 11 is 0. The summed E-state index contributed by atoms with van der Waals surface area (Å²) in [5.41, 5.74) is -0.0160. The monoisotopic (exact) mass is 266 g/mol. The lowest BCUT2D eigenvalue weighted by Gasteiger charge is -2.11. The Morgan fingerprint density at radius 2 is 1.63 bits per heavy atom. The summed E-state index contributed by atoms with van der Waals surface area (Å²) in [6, 6.07) is 5.85. The number of hydrogen-bond acceptors (Lipinski definition) is 6. The molecule has 0 unspecified atom stereocenters. The summed E-state index contributed by atoms with van der Waals surface area (Å²) in [7, 11) is 0. The van der Waals surface area contributed by atoms with Gasteiger partial charge in [-0.15, -0.1) is 0 Å². The fourth-order valence-corrected chi connectivity index (χ4v) is 1.44. The number of phenolic OH excluding ortho intramolecular Hbond substituents is 1. The van der Waals surface area contributed by atoms with E-state index in [0.29, 0.717) is 0 Å². The van der Waals surface area contributed by atoms with E-state index in [4.69, 9.17) is 0 Å². The van der Waals surface area contributed by atoms with Crippen LogP contribution in [0.15, 0.2) is 24.3 Å². The Labute approximate surface area is 111 Å². The Morgan fingerprint density at radius 3 is 2.05 bits per heavy atom. The Morgan fingerprint density at radius 1 is 1.11 bits per heavy atom. The molecule has 1 heterocycles. The molecule has 6 heteroatoms. The predicted molar refractivity (Wildman–Crippen MR) is 69.9 cm³/mol. The average Bonchev–Trinajstić information content (AvgIpc) is 2.41. The van der Waals surface area contributed by atoms with Gasteiger partial charge in [-0.3, -0.25) is 4.79 Å². The number of para-hydroxylation sites is 1. The van der Waals surface area contributed by atoms with E-state index in [1.807, 2.05) is 0 Å². The quantitative estimate of drug-likeness (QED) is 0.500. The van der Waals surface area contributed by atoms with E-state index in [2.05, 4.69) is 15.4 Å². The molecule has 19 heavy (non-hydrogen) atoms. The number of aromatic hydroxyl groups is 1. The minimum absolute atomic E-state index is 0.0160. The molecule has 0 amide bonds. The van der Waals surface area contributed by atoms with Crippen LogP contribution in [0, 0.1) is 0 Å². The van der Waals surface area contributed by atoms with E-state index in [9.17, 15) is 14.7 Å². The fourth-order valence-electron chi connectivity index (χ4n) is 1.44. The third kappa shape index (κ3) is 5.98. The molecule has 104 valence electrons. The number of ether oxygens (including phenoxy) is 1. The van der Waals surface area contributed by atoms with Crippen molar-refractivity contribution < 1.29 is 19.4 Å². The van der Waals surface area contributed by atoms with Crippen molar-refractivity contribution in [2.75, 3.05) is 26.2 Å². The second-order valence-electron chi connectivity index (χ2n) is 3.90. The van der Waals surface area contributed by atoms with Gasteiger partial charge in [0.05, 0.1) is 0 Å². The second-order valence-corrected chi connectivity index (χ2v) is 3.90. The van der Waals surface area contributed by atoms with Gasteiger partial charge in [0.15, 0.2) is 0 Å². The predicted octanol–water partition coefficient (Wildman–Crippen LogP) is 0.275. The molecule has 0 saturated carbocycles. The Kier molecular flexibility index (Phi) is 6.56. The van der Waals surface area contributed by atoms with Crippen molar-refractivity contribution in [3.8, 4) is 5.75 Å². The van der Waals surface area contributed by atoms with Gasteiger partial charge in [0.25, 0.3) is 0 Å². The van der Waals surface area contributed by atoms with E-state index in [-0.39, 0.29) is 11.3 Å². The van der Waals surface area contributed by atoms with E-state index in [0.717, 1.165) is 33.1 Å². The van der Waals surface area contributed by atoms with Crippen molar-refractivity contribution in [3.63, 3.8) is 0 Å². The molecular formula is C13H18N2O4. The van der Waals surface area contributed by atoms with Crippen LogP contribution >= 0.6 is 0 Å². The Balaban J connectivity index is 0.000000250. The molecular weight excluding hydrogens is 248 g/mol. The van der Waals surface area contributed by atoms with Crippen molar-refractivity contribution in [3.05, 3.63) is 29.8 Å². The number of piperazine rings is 1. The zero-order valence-corrected chi connectivity index (χ0v) is 10.8. The number of carbonyl (C=O) groups excluding carboxylic acids is 2. The van der Waals surface area contributed by atoms with E-state index in [1.165, 1.54) is 12.1 Å². The highest BCUT2D eigenvalue weighted by molar-refractivity contribution is 5.98. The van der Waals surface area contributed by atoms with Crippen LogP contribution in [0.1, 0.15) is 17.3 Å². The lowest BCUT2D eigenvalue weighted by atomic mass is 10.2. The van der Waals surface area contributed by atoms with Crippen molar-refractivity contribution in [1.82, 2.24) is 10.6 Å². The maximum absolute atomic E-state index is 11.1. The maximum atomic E-state index is 11.1. The first-order valence-corrected chi connectivity index (χ1v) is 6.03. The van der Waals surface area contributed by atoms with Gasteiger partial charge in [0.2, 0.25) is 0 Å². The first-order chi connectivity index (χ1) is 9.11. The summed E-state index contributed by atoms with van der Waals surface area (Å²) in [5.74, 6) is -1.74. The van der Waals surface area contributed by atoms with Crippen LogP contribution in [0.4, 0.5) is 0 Å². The van der Waals surface area contributed by atoms with E-state index in [1.54, 1.807) is 12.1 Å². The topological polar surface area (TPSA) is 87.7 Å². The molecule has 1 saturated heterocycles. The molecule has 6 nitrogen and oxygen atoms in total. The number of nitrogens with one attached hydrogen (secondary N) is 2. The van der Waals surface area contributed by atoms with Gasteiger partial charge in [0, 0.05) is 33.1 Å². The molecule has 1 aromatic rings. The van der Waals surface area contributed by atoms with Crippen molar-refractivity contribution in [1.29, 1.82) is 0 Å². The number of hydrogen-bond donors (Lipinski definition) is 3. The van der Waals surface area contributed by atoms with E-state index >= 15 is 0 Å². The summed E-state index contributed by atoms with van der Waals surface area (Å²) in [6.45, 7) is 5.68. The van der Waals surface area contributed by atoms with Crippen LogP contribution in [-0.2, 0) is 9.53 Å². The van der Waals surface area contributed by atoms with Gasteiger partial charge in [-0.05, 0) is 12.1 Å². The largest absolute Gasteiger partial charge is 0.507 e. The highest BCUT2D eigenvalue weighted by Crippen LogP contribution is 2.16. The summed E-state index contributed by atoms with van der Waals surface area (Å²) in [6.07, 6.45) is 0. The lowest BCUT2D eigenvalue weighted by molar-refractivity contribution is -0.135. The summed E-state index contributed by atoms with van der Waals surface area (Å²) in [4.78, 5) is 21.5. The Bertz CT molecular complexity index is 419. The molecule has 0 aliphatic carbocycles. The van der Waals surface area contributed by atoms with Crippen molar-refractivity contribution in [2.24, 2.45) is 0 Å². The van der Waals surface area contributed by atoms with E-state index < -0.39 is 11.9 Å². The van der Waals surface area contributed by atoms with Gasteiger partial charge >= 0.3 is 11.9 Å². The fraction of sp³-hybridized carbons (Fsp3) is 0.385. The lowest BCUT2D eigenvalue weighted by Crippen LogP contribution is -2.39. The minimum Gasteiger partial charge on any atom is -0.507 e. The number of carbonyl (C=O) groups is 2. The molecule has 0 aromatic heterocycles. The number of benzene rings is 1. The molecule has 2 rings (SSSR count). The molecule has 0 spiro atoms.